The summed E-state index contributed by atoms with van der Waals surface area (Å²) in [6, 6.07) is 0. The maximum Gasteiger partial charge on any atom is 0.132 e. The molecule has 228 valence electrons. The van der Waals surface area contributed by atoms with Crippen LogP contribution in [0.2, 0.25) is 0 Å². The fourth-order valence-corrected chi connectivity index (χ4v) is 9.05. The summed E-state index contributed by atoms with van der Waals surface area (Å²) in [5.74, 6) is 3.28. The van der Waals surface area contributed by atoms with Crippen LogP contribution in [0.3, 0.4) is 0 Å². The third-order valence-corrected chi connectivity index (χ3v) is 11.9. The lowest BCUT2D eigenvalue weighted by molar-refractivity contribution is 0.204. The second-order valence-electron chi connectivity index (χ2n) is 14.6. The average molecular weight is 573 g/mol. The Morgan fingerprint density at radius 1 is 1.12 bits per heavy atom. The monoisotopic (exact) mass is 572 g/mol. The van der Waals surface area contributed by atoms with E-state index in [-0.39, 0.29) is 11.2 Å². The highest BCUT2D eigenvalue weighted by molar-refractivity contribution is 6.02. The van der Waals surface area contributed by atoms with Gasteiger partial charge in [0.05, 0.1) is 6.54 Å². The first-order chi connectivity index (χ1) is 20.3. The molecule has 0 N–H and O–H groups in total. The van der Waals surface area contributed by atoms with Crippen molar-refractivity contribution in [3.63, 3.8) is 0 Å². The van der Waals surface area contributed by atoms with Crippen LogP contribution in [0.15, 0.2) is 68.7 Å². The summed E-state index contributed by atoms with van der Waals surface area (Å²) < 4.78 is 14.4. The topological polar surface area (TPSA) is 31.2 Å². The first-order valence-electron chi connectivity index (χ1n) is 17.0. The number of likely N-dealkylation sites (tertiary alicyclic amines) is 1. The van der Waals surface area contributed by atoms with E-state index in [0.717, 1.165) is 69.4 Å². The number of fused-ring (bicyclic) bond motifs is 3. The number of allylic oxidation sites excluding steroid dienone is 9. The molecule has 3 heterocycles. The minimum atomic E-state index is -0.372. The molecule has 4 atom stereocenters. The Labute approximate surface area is 254 Å². The zero-order valence-electron chi connectivity index (χ0n) is 26.5. The summed E-state index contributed by atoms with van der Waals surface area (Å²) in [5, 5.41) is 0. The number of hydrogen-bond donors (Lipinski definition) is 0. The van der Waals surface area contributed by atoms with Crippen LogP contribution >= 0.6 is 0 Å². The molecule has 5 heteroatoms. The normalized spacial score (nSPS) is 35.5. The molecule has 3 aliphatic heterocycles. The molecule has 4 nitrogen and oxygen atoms in total. The molecule has 0 aromatic heterocycles. The highest BCUT2D eigenvalue weighted by atomic mass is 19.1. The fraction of sp³-hybridized carbons (Fsp3) is 0.676. The van der Waals surface area contributed by atoms with Gasteiger partial charge in [-0.15, -0.1) is 0 Å². The van der Waals surface area contributed by atoms with Crippen LogP contribution in [-0.4, -0.2) is 60.5 Å². The Morgan fingerprint density at radius 3 is 2.55 bits per heavy atom. The molecule has 2 saturated carbocycles. The summed E-state index contributed by atoms with van der Waals surface area (Å²) in [6.07, 6.45) is 24.4. The summed E-state index contributed by atoms with van der Waals surface area (Å²) in [5.41, 5.74) is 5.22. The molecule has 42 heavy (non-hydrogen) atoms. The third kappa shape index (κ3) is 5.92. The quantitative estimate of drug-likeness (QED) is 0.215. The minimum Gasteiger partial charge on any atom is -0.356 e. The summed E-state index contributed by atoms with van der Waals surface area (Å²) in [7, 11) is 0. The zero-order valence-corrected chi connectivity index (χ0v) is 26.5. The number of hydrogen-bond acceptors (Lipinski definition) is 4. The highest BCUT2D eigenvalue weighted by Crippen LogP contribution is 2.43. The molecule has 0 spiro atoms. The van der Waals surface area contributed by atoms with Crippen LogP contribution in [-0.2, 0) is 0 Å². The largest absolute Gasteiger partial charge is 0.356 e. The molecule has 0 radical (unpaired) electrons. The van der Waals surface area contributed by atoms with Gasteiger partial charge in [-0.1, -0.05) is 43.7 Å². The first kappa shape index (κ1) is 29.8. The van der Waals surface area contributed by atoms with Crippen molar-refractivity contribution in [3.05, 3.63) is 58.7 Å². The average Bonchev–Trinajstić information content (AvgIpc) is 3.68. The van der Waals surface area contributed by atoms with Crippen LogP contribution in [0.4, 0.5) is 4.39 Å². The van der Waals surface area contributed by atoms with Crippen molar-refractivity contribution in [3.8, 4) is 0 Å². The predicted molar refractivity (Wildman–Crippen MR) is 175 cm³/mol. The van der Waals surface area contributed by atoms with Gasteiger partial charge in [0.15, 0.2) is 0 Å². The van der Waals surface area contributed by atoms with Crippen LogP contribution in [0.5, 0.6) is 0 Å². The van der Waals surface area contributed by atoms with E-state index < -0.39 is 0 Å². The SMILES string of the molecule is C=N/C(=C1/CCC(/C(C)=C/C=C\C2=CC=C(F)C(C)(CC)C2)C/C1=N/CC12CCCN1CCC2)N1CC2CCC(C2)C1. The maximum atomic E-state index is 14.4. The molecule has 0 aromatic rings. The van der Waals surface area contributed by atoms with Gasteiger partial charge in [-0.3, -0.25) is 9.89 Å². The van der Waals surface area contributed by atoms with Crippen LogP contribution in [0.1, 0.15) is 97.8 Å². The van der Waals surface area contributed by atoms with Crippen molar-refractivity contribution in [2.24, 2.45) is 33.2 Å². The van der Waals surface area contributed by atoms with Gasteiger partial charge in [-0.05, 0) is 133 Å². The van der Waals surface area contributed by atoms with E-state index in [1.54, 1.807) is 6.08 Å². The molecule has 3 saturated heterocycles. The second-order valence-corrected chi connectivity index (χ2v) is 14.6. The van der Waals surface area contributed by atoms with Gasteiger partial charge in [0.2, 0.25) is 0 Å². The van der Waals surface area contributed by atoms with Crippen molar-refractivity contribution in [2.45, 2.75) is 103 Å². The van der Waals surface area contributed by atoms with Gasteiger partial charge in [-0.2, -0.15) is 0 Å². The van der Waals surface area contributed by atoms with Crippen LogP contribution < -0.4 is 0 Å². The maximum absolute atomic E-state index is 14.4. The predicted octanol–water partition coefficient (Wildman–Crippen LogP) is 8.60. The molecule has 3 aliphatic carbocycles. The van der Waals surface area contributed by atoms with Crippen molar-refractivity contribution in [2.75, 3.05) is 32.7 Å². The number of aliphatic imine (C=N–C) groups is 2. The van der Waals surface area contributed by atoms with E-state index in [1.807, 2.05) is 13.0 Å². The Kier molecular flexibility index (Phi) is 8.78. The molecule has 4 unspecified atom stereocenters. The lowest BCUT2D eigenvalue weighted by Crippen LogP contribution is -2.41. The van der Waals surface area contributed by atoms with Crippen LogP contribution in [0.25, 0.3) is 0 Å². The number of nitrogens with zero attached hydrogens (tertiary/aromatic N) is 4. The molecule has 0 amide bonds. The Hall–Kier alpha value is -2.27. The van der Waals surface area contributed by atoms with Crippen molar-refractivity contribution in [1.29, 1.82) is 0 Å². The van der Waals surface area contributed by atoms with E-state index in [0.29, 0.717) is 11.5 Å². The molecular formula is C37H53FN4. The Bertz CT molecular complexity index is 1210. The summed E-state index contributed by atoms with van der Waals surface area (Å²) in [4.78, 5) is 15.6. The summed E-state index contributed by atoms with van der Waals surface area (Å²) in [6.45, 7) is 16.2. The van der Waals surface area contributed by atoms with Crippen molar-refractivity contribution >= 4 is 12.4 Å². The first-order valence-corrected chi connectivity index (χ1v) is 17.0. The van der Waals surface area contributed by atoms with Gasteiger partial charge >= 0.3 is 0 Å². The standard InChI is InChI=1S/C37H53FN4/c1-5-36(3)23-28(13-16-34(36)38)10-6-9-27(2)31-14-15-32(35(39-4)41-24-29-11-12-30(21-29)25-41)33(22-31)40-26-37-17-7-19-42(37)20-8-18-37/h6,9-10,13,16,29-31H,4-5,7-8,11-12,14-15,17-26H2,1-3H3/b10-6-,27-9+,35-32+,40-33-. The molecule has 2 bridgehead atoms. The molecular weight excluding hydrogens is 519 g/mol. The van der Waals surface area contributed by atoms with E-state index >= 15 is 0 Å². The molecule has 6 rings (SSSR count). The third-order valence-electron chi connectivity index (χ3n) is 11.9. The fourth-order valence-electron chi connectivity index (χ4n) is 9.05. The number of piperidine rings is 1. The molecule has 5 fully saturated rings. The van der Waals surface area contributed by atoms with E-state index in [9.17, 15) is 4.39 Å². The molecule has 0 aromatic carbocycles. The lowest BCUT2D eigenvalue weighted by atomic mass is 9.77. The Balaban J connectivity index is 1.23. The minimum absolute atomic E-state index is 0.00946. The number of halogens is 1. The highest BCUT2D eigenvalue weighted by Gasteiger charge is 2.44. The Morgan fingerprint density at radius 2 is 1.86 bits per heavy atom. The zero-order chi connectivity index (χ0) is 29.3. The summed E-state index contributed by atoms with van der Waals surface area (Å²) >= 11 is 0. The van der Waals surface area contributed by atoms with E-state index in [4.69, 9.17) is 9.98 Å². The van der Waals surface area contributed by atoms with Crippen molar-refractivity contribution < 1.29 is 4.39 Å². The smallest absolute Gasteiger partial charge is 0.132 e. The van der Waals surface area contributed by atoms with Gasteiger partial charge in [0.1, 0.15) is 11.6 Å². The van der Waals surface area contributed by atoms with Gasteiger partial charge in [-0.25, -0.2) is 9.38 Å². The second kappa shape index (κ2) is 12.4. The van der Waals surface area contributed by atoms with E-state index in [1.165, 1.54) is 80.5 Å². The van der Waals surface area contributed by atoms with E-state index in [2.05, 4.69) is 48.6 Å². The van der Waals surface area contributed by atoms with Gasteiger partial charge in [0, 0.05) is 35.3 Å². The molecule has 6 aliphatic rings. The number of rotatable bonds is 8. The van der Waals surface area contributed by atoms with Gasteiger partial charge in [0.25, 0.3) is 0 Å². The van der Waals surface area contributed by atoms with Gasteiger partial charge < -0.3 is 4.90 Å². The van der Waals surface area contributed by atoms with Crippen LogP contribution in [0, 0.1) is 23.2 Å². The lowest BCUT2D eigenvalue weighted by Gasteiger charge is -2.37. The van der Waals surface area contributed by atoms with Crippen molar-refractivity contribution in [1.82, 2.24) is 9.80 Å².